The van der Waals surface area contributed by atoms with Gasteiger partial charge in [0.1, 0.15) is 5.41 Å². The third-order valence-electron chi connectivity index (χ3n) is 4.38. The molecule has 0 radical (unpaired) electrons. The van der Waals surface area contributed by atoms with Gasteiger partial charge in [0.05, 0.1) is 13.2 Å². The van der Waals surface area contributed by atoms with Crippen molar-refractivity contribution in [3.63, 3.8) is 0 Å². The Balaban J connectivity index is 4.27. The first-order valence-electron chi connectivity index (χ1n) is 9.42. The molecule has 0 fully saturated rings. The lowest BCUT2D eigenvalue weighted by Crippen LogP contribution is -2.50. The maximum absolute atomic E-state index is 12.3. The molecule has 0 saturated carbocycles. The smallest absolute Gasteiger partial charge is 0.235 e. The molecule has 146 valence electrons. The molecule has 0 atom stereocenters. The minimum absolute atomic E-state index is 0.131. The molecule has 0 aromatic heterocycles. The van der Waals surface area contributed by atoms with Gasteiger partial charge in [0, 0.05) is 13.1 Å². The zero-order chi connectivity index (χ0) is 19.0. The van der Waals surface area contributed by atoms with Crippen LogP contribution in [0.15, 0.2) is 12.7 Å². The van der Waals surface area contributed by atoms with Crippen molar-refractivity contribution in [2.24, 2.45) is 5.41 Å². The summed E-state index contributed by atoms with van der Waals surface area (Å²) in [6, 6.07) is 0. The molecule has 0 aromatic rings. The quantitative estimate of drug-likeness (QED) is 0.193. The van der Waals surface area contributed by atoms with Crippen LogP contribution >= 0.6 is 0 Å². The number of aliphatic hydroxyl groups is 2. The highest BCUT2D eigenvalue weighted by molar-refractivity contribution is 6.04. The Bertz CT molecular complexity index is 366. The van der Waals surface area contributed by atoms with Crippen molar-refractivity contribution >= 4 is 11.8 Å². The van der Waals surface area contributed by atoms with Gasteiger partial charge in [-0.2, -0.15) is 0 Å². The highest BCUT2D eigenvalue weighted by Gasteiger charge is 2.40. The number of carbonyl (C=O) groups is 2. The number of rotatable bonds is 16. The van der Waals surface area contributed by atoms with E-state index in [9.17, 15) is 9.59 Å². The third kappa shape index (κ3) is 10.2. The summed E-state index contributed by atoms with van der Waals surface area (Å²) >= 11 is 0. The van der Waals surface area contributed by atoms with Gasteiger partial charge in [-0.1, -0.05) is 44.6 Å². The number of allylic oxidation sites excluding steroid dienone is 1. The maximum Gasteiger partial charge on any atom is 0.235 e. The van der Waals surface area contributed by atoms with Crippen molar-refractivity contribution in [3.8, 4) is 0 Å². The second-order valence-corrected chi connectivity index (χ2v) is 6.59. The van der Waals surface area contributed by atoms with Crippen LogP contribution < -0.4 is 10.6 Å². The van der Waals surface area contributed by atoms with Gasteiger partial charge < -0.3 is 20.8 Å². The van der Waals surface area contributed by atoms with Crippen LogP contribution in [0.5, 0.6) is 0 Å². The van der Waals surface area contributed by atoms with E-state index in [0.717, 1.165) is 25.7 Å². The number of hydrogen-bond acceptors (Lipinski definition) is 4. The summed E-state index contributed by atoms with van der Waals surface area (Å²) in [6.45, 7) is 5.28. The molecule has 0 rings (SSSR count). The second kappa shape index (κ2) is 14.9. The van der Waals surface area contributed by atoms with Crippen LogP contribution in [0.1, 0.15) is 64.7 Å². The first-order chi connectivity index (χ1) is 12.0. The Kier molecular flexibility index (Phi) is 14.1. The van der Waals surface area contributed by atoms with E-state index in [1.54, 1.807) is 6.92 Å². The molecule has 25 heavy (non-hydrogen) atoms. The topological polar surface area (TPSA) is 98.7 Å². The van der Waals surface area contributed by atoms with E-state index in [2.05, 4.69) is 17.2 Å². The molecule has 2 amide bonds. The Labute approximate surface area is 152 Å². The van der Waals surface area contributed by atoms with Crippen LogP contribution in [-0.4, -0.2) is 48.3 Å². The number of carbonyl (C=O) groups excluding carboxylic acids is 2. The van der Waals surface area contributed by atoms with Gasteiger partial charge in [0.2, 0.25) is 11.8 Å². The normalized spacial score (nSPS) is 11.2. The largest absolute Gasteiger partial charge is 0.395 e. The van der Waals surface area contributed by atoms with E-state index >= 15 is 0 Å². The summed E-state index contributed by atoms with van der Waals surface area (Å²) in [5.41, 5.74) is -1.17. The van der Waals surface area contributed by atoms with Crippen LogP contribution in [-0.2, 0) is 9.59 Å². The summed E-state index contributed by atoms with van der Waals surface area (Å²) in [6.07, 6.45) is 11.1. The van der Waals surface area contributed by atoms with Crippen molar-refractivity contribution in [2.45, 2.75) is 64.7 Å². The van der Waals surface area contributed by atoms with E-state index < -0.39 is 5.41 Å². The summed E-state index contributed by atoms with van der Waals surface area (Å²) in [5, 5.41) is 22.9. The number of amides is 2. The van der Waals surface area contributed by atoms with Gasteiger partial charge in [-0.05, 0) is 26.2 Å². The number of unbranched alkanes of at least 4 members (excludes halogenated alkanes) is 7. The fourth-order valence-corrected chi connectivity index (χ4v) is 2.71. The highest BCUT2D eigenvalue weighted by atomic mass is 16.3. The predicted octanol–water partition coefficient (Wildman–Crippen LogP) is 1.91. The van der Waals surface area contributed by atoms with Crippen molar-refractivity contribution in [3.05, 3.63) is 12.7 Å². The Morgan fingerprint density at radius 2 is 1.32 bits per heavy atom. The first kappa shape index (κ1) is 23.6. The van der Waals surface area contributed by atoms with Crippen LogP contribution in [0.3, 0.4) is 0 Å². The third-order valence-corrected chi connectivity index (χ3v) is 4.38. The SMILES string of the molecule is C=CCCCCCCCCCC(C)(C(=O)NCCO)C(=O)NCCO. The van der Waals surface area contributed by atoms with Crippen molar-refractivity contribution in [2.75, 3.05) is 26.3 Å². The lowest BCUT2D eigenvalue weighted by molar-refractivity contribution is -0.143. The minimum atomic E-state index is -1.17. The molecule has 0 aromatic carbocycles. The molecule has 0 bridgehead atoms. The minimum Gasteiger partial charge on any atom is -0.395 e. The molecule has 0 aliphatic rings. The van der Waals surface area contributed by atoms with Gasteiger partial charge in [-0.3, -0.25) is 9.59 Å². The molecular formula is C19H36N2O4. The van der Waals surface area contributed by atoms with E-state index in [1.165, 1.54) is 25.7 Å². The molecule has 4 N–H and O–H groups in total. The molecular weight excluding hydrogens is 320 g/mol. The summed E-state index contributed by atoms with van der Waals surface area (Å²) in [4.78, 5) is 24.7. The predicted molar refractivity (Wildman–Crippen MR) is 100 cm³/mol. The Morgan fingerprint density at radius 3 is 1.76 bits per heavy atom. The van der Waals surface area contributed by atoms with Crippen LogP contribution in [0.4, 0.5) is 0 Å². The van der Waals surface area contributed by atoms with Gasteiger partial charge in [-0.15, -0.1) is 6.58 Å². The van der Waals surface area contributed by atoms with Crippen LogP contribution in [0.2, 0.25) is 0 Å². The summed E-state index contributed by atoms with van der Waals surface area (Å²) in [7, 11) is 0. The van der Waals surface area contributed by atoms with Crippen molar-refractivity contribution < 1.29 is 19.8 Å². The van der Waals surface area contributed by atoms with E-state index in [1.807, 2.05) is 6.08 Å². The van der Waals surface area contributed by atoms with Gasteiger partial charge in [0.15, 0.2) is 0 Å². The van der Waals surface area contributed by atoms with Crippen LogP contribution in [0.25, 0.3) is 0 Å². The molecule has 0 saturated heterocycles. The average molecular weight is 357 g/mol. The maximum atomic E-state index is 12.3. The Morgan fingerprint density at radius 1 is 0.880 bits per heavy atom. The summed E-state index contributed by atoms with van der Waals surface area (Å²) in [5.74, 6) is -0.747. The highest BCUT2D eigenvalue weighted by Crippen LogP contribution is 2.26. The van der Waals surface area contributed by atoms with E-state index in [-0.39, 0.29) is 38.1 Å². The zero-order valence-electron chi connectivity index (χ0n) is 15.7. The monoisotopic (exact) mass is 356 g/mol. The molecule has 0 spiro atoms. The average Bonchev–Trinajstić information content (AvgIpc) is 2.62. The standard InChI is InChI=1S/C19H36N2O4/c1-3-4-5-6-7-8-9-10-11-12-19(2,17(24)20-13-15-22)18(25)21-14-16-23/h3,22-23H,1,4-16H2,2H3,(H,20,24)(H,21,25). The van der Waals surface area contributed by atoms with Gasteiger partial charge in [-0.25, -0.2) is 0 Å². The van der Waals surface area contributed by atoms with Gasteiger partial charge in [0.25, 0.3) is 0 Å². The van der Waals surface area contributed by atoms with Crippen LogP contribution in [0, 0.1) is 5.41 Å². The first-order valence-corrected chi connectivity index (χ1v) is 9.42. The van der Waals surface area contributed by atoms with E-state index in [0.29, 0.717) is 6.42 Å². The lowest BCUT2D eigenvalue weighted by Gasteiger charge is -2.27. The molecule has 0 aliphatic carbocycles. The molecule has 0 heterocycles. The second-order valence-electron chi connectivity index (χ2n) is 6.59. The van der Waals surface area contributed by atoms with Crippen molar-refractivity contribution in [1.29, 1.82) is 0 Å². The number of hydrogen-bond donors (Lipinski definition) is 4. The number of aliphatic hydroxyl groups excluding tert-OH is 2. The molecule has 0 aliphatic heterocycles. The molecule has 6 heteroatoms. The molecule has 0 unspecified atom stereocenters. The molecule has 6 nitrogen and oxygen atoms in total. The lowest BCUT2D eigenvalue weighted by atomic mass is 9.82. The van der Waals surface area contributed by atoms with Gasteiger partial charge >= 0.3 is 0 Å². The summed E-state index contributed by atoms with van der Waals surface area (Å²) < 4.78 is 0. The van der Waals surface area contributed by atoms with E-state index in [4.69, 9.17) is 10.2 Å². The number of nitrogens with one attached hydrogen (secondary N) is 2. The fraction of sp³-hybridized carbons (Fsp3) is 0.789. The fourth-order valence-electron chi connectivity index (χ4n) is 2.71. The Hall–Kier alpha value is -1.40. The van der Waals surface area contributed by atoms with Crippen molar-refractivity contribution in [1.82, 2.24) is 10.6 Å². The zero-order valence-corrected chi connectivity index (χ0v) is 15.7.